The van der Waals surface area contributed by atoms with Crippen molar-refractivity contribution in [2.45, 2.75) is 12.5 Å². The highest BCUT2D eigenvalue weighted by molar-refractivity contribution is 9.10. The molecular formula is C12H10BrCl2NS. The molecule has 0 fully saturated rings. The fourth-order valence-corrected chi connectivity index (χ4v) is 3.36. The molecule has 0 saturated carbocycles. The van der Waals surface area contributed by atoms with Gasteiger partial charge in [-0.1, -0.05) is 29.3 Å². The monoisotopic (exact) mass is 349 g/mol. The van der Waals surface area contributed by atoms with E-state index in [9.17, 15) is 0 Å². The summed E-state index contributed by atoms with van der Waals surface area (Å²) < 4.78 is 1.10. The Morgan fingerprint density at radius 3 is 2.59 bits per heavy atom. The van der Waals surface area contributed by atoms with Crippen LogP contribution in [0.1, 0.15) is 16.5 Å². The van der Waals surface area contributed by atoms with Gasteiger partial charge in [0.1, 0.15) is 0 Å². The smallest absolute Gasteiger partial charge is 0.0595 e. The number of halogens is 3. The van der Waals surface area contributed by atoms with Gasteiger partial charge in [0.15, 0.2) is 0 Å². The maximum atomic E-state index is 6.14. The van der Waals surface area contributed by atoms with Crippen LogP contribution in [0.5, 0.6) is 0 Å². The maximum Gasteiger partial charge on any atom is 0.0595 e. The van der Waals surface area contributed by atoms with E-state index in [0.717, 1.165) is 16.5 Å². The molecule has 0 spiro atoms. The zero-order chi connectivity index (χ0) is 12.4. The molecule has 0 aliphatic heterocycles. The van der Waals surface area contributed by atoms with Crippen molar-refractivity contribution in [3.8, 4) is 0 Å². The summed E-state index contributed by atoms with van der Waals surface area (Å²) in [5.41, 5.74) is 7.15. The van der Waals surface area contributed by atoms with Gasteiger partial charge >= 0.3 is 0 Å². The fourth-order valence-electron chi connectivity index (χ4n) is 1.54. The van der Waals surface area contributed by atoms with Gasteiger partial charge in [-0.3, -0.25) is 0 Å². The van der Waals surface area contributed by atoms with Crippen LogP contribution in [0.25, 0.3) is 0 Å². The third-order valence-corrected chi connectivity index (χ3v) is 4.87. The summed E-state index contributed by atoms with van der Waals surface area (Å²) in [7, 11) is 0. The number of benzene rings is 1. The van der Waals surface area contributed by atoms with Gasteiger partial charge in [-0.05, 0) is 39.7 Å². The van der Waals surface area contributed by atoms with E-state index in [4.69, 9.17) is 28.9 Å². The molecule has 1 aromatic carbocycles. The average molecular weight is 351 g/mol. The minimum absolute atomic E-state index is 0.0599. The lowest BCUT2D eigenvalue weighted by Gasteiger charge is -2.11. The molecule has 17 heavy (non-hydrogen) atoms. The minimum Gasteiger partial charge on any atom is -0.324 e. The molecule has 1 nitrogen and oxygen atoms in total. The highest BCUT2D eigenvalue weighted by Crippen LogP contribution is 2.28. The number of rotatable bonds is 3. The Morgan fingerprint density at radius 2 is 2.00 bits per heavy atom. The van der Waals surface area contributed by atoms with Gasteiger partial charge in [0.05, 0.1) is 10.0 Å². The molecule has 0 saturated heterocycles. The first-order valence-electron chi connectivity index (χ1n) is 4.99. The summed E-state index contributed by atoms with van der Waals surface area (Å²) in [6.45, 7) is 0. The zero-order valence-electron chi connectivity index (χ0n) is 8.79. The van der Waals surface area contributed by atoms with E-state index in [1.165, 1.54) is 4.88 Å². The zero-order valence-corrected chi connectivity index (χ0v) is 12.7. The van der Waals surface area contributed by atoms with Crippen LogP contribution in [-0.2, 0) is 6.42 Å². The van der Waals surface area contributed by atoms with Crippen molar-refractivity contribution in [2.24, 2.45) is 5.73 Å². The van der Waals surface area contributed by atoms with Gasteiger partial charge in [-0.15, -0.1) is 11.3 Å². The third-order valence-electron chi connectivity index (χ3n) is 2.41. The number of hydrogen-bond acceptors (Lipinski definition) is 2. The van der Waals surface area contributed by atoms with Crippen molar-refractivity contribution < 1.29 is 0 Å². The molecule has 0 radical (unpaired) electrons. The lowest BCUT2D eigenvalue weighted by atomic mass is 10.0. The van der Waals surface area contributed by atoms with Gasteiger partial charge in [-0.2, -0.15) is 0 Å². The Kier molecular flexibility index (Phi) is 4.50. The number of nitrogens with two attached hydrogens (primary N) is 1. The van der Waals surface area contributed by atoms with Gasteiger partial charge in [0.2, 0.25) is 0 Å². The topological polar surface area (TPSA) is 26.0 Å². The molecule has 90 valence electrons. The molecule has 1 aromatic heterocycles. The van der Waals surface area contributed by atoms with E-state index in [1.807, 2.05) is 12.1 Å². The summed E-state index contributed by atoms with van der Waals surface area (Å²) in [6, 6.07) is 7.56. The molecule has 2 N–H and O–H groups in total. The first-order valence-corrected chi connectivity index (χ1v) is 7.42. The molecule has 0 aliphatic carbocycles. The van der Waals surface area contributed by atoms with Crippen molar-refractivity contribution in [3.05, 3.63) is 54.6 Å². The SMILES string of the molecule is NC(Cc1cc(Br)cs1)c1ccc(Cl)c(Cl)c1. The van der Waals surface area contributed by atoms with Crippen LogP contribution in [0.3, 0.4) is 0 Å². The van der Waals surface area contributed by atoms with Crippen LogP contribution in [0, 0.1) is 0 Å². The molecule has 0 bridgehead atoms. The van der Waals surface area contributed by atoms with E-state index < -0.39 is 0 Å². The molecule has 2 rings (SSSR count). The quantitative estimate of drug-likeness (QED) is 0.822. The van der Waals surface area contributed by atoms with E-state index in [1.54, 1.807) is 17.4 Å². The Hall–Kier alpha value is -0.0600. The van der Waals surface area contributed by atoms with Crippen molar-refractivity contribution in [2.75, 3.05) is 0 Å². The first kappa shape index (κ1) is 13.4. The second kappa shape index (κ2) is 5.72. The largest absolute Gasteiger partial charge is 0.324 e. The summed E-state index contributed by atoms with van der Waals surface area (Å²) in [5, 5.41) is 3.16. The minimum atomic E-state index is -0.0599. The first-order chi connectivity index (χ1) is 8.06. The number of hydrogen-bond donors (Lipinski definition) is 1. The lowest BCUT2D eigenvalue weighted by Crippen LogP contribution is -2.12. The normalized spacial score (nSPS) is 12.7. The maximum absolute atomic E-state index is 6.14. The van der Waals surface area contributed by atoms with Crippen molar-refractivity contribution in [1.82, 2.24) is 0 Å². The predicted octanol–water partition coefficient (Wildman–Crippen LogP) is 5.06. The molecule has 2 aromatic rings. The summed E-state index contributed by atoms with van der Waals surface area (Å²) >= 11 is 17.0. The van der Waals surface area contributed by atoms with Gasteiger partial charge < -0.3 is 5.73 Å². The van der Waals surface area contributed by atoms with E-state index in [0.29, 0.717) is 10.0 Å². The van der Waals surface area contributed by atoms with E-state index >= 15 is 0 Å². The summed E-state index contributed by atoms with van der Waals surface area (Å²) in [4.78, 5) is 1.25. The molecule has 5 heteroatoms. The molecule has 0 aliphatic rings. The van der Waals surface area contributed by atoms with Crippen LogP contribution >= 0.6 is 50.5 Å². The van der Waals surface area contributed by atoms with Crippen molar-refractivity contribution in [1.29, 1.82) is 0 Å². The molecular weight excluding hydrogens is 341 g/mol. The second-order valence-electron chi connectivity index (χ2n) is 3.72. The number of thiophene rings is 1. The molecule has 1 heterocycles. The summed E-state index contributed by atoms with van der Waals surface area (Å²) in [5.74, 6) is 0. The highest BCUT2D eigenvalue weighted by atomic mass is 79.9. The predicted molar refractivity (Wildman–Crippen MR) is 79.1 cm³/mol. The van der Waals surface area contributed by atoms with Crippen LogP contribution < -0.4 is 5.73 Å². The van der Waals surface area contributed by atoms with Crippen LogP contribution in [0.4, 0.5) is 0 Å². The Morgan fingerprint density at radius 1 is 1.24 bits per heavy atom. The van der Waals surface area contributed by atoms with Crippen LogP contribution in [-0.4, -0.2) is 0 Å². The van der Waals surface area contributed by atoms with E-state index in [-0.39, 0.29) is 6.04 Å². The fraction of sp³-hybridized carbons (Fsp3) is 0.167. The highest BCUT2D eigenvalue weighted by Gasteiger charge is 2.10. The third kappa shape index (κ3) is 3.46. The van der Waals surface area contributed by atoms with Crippen LogP contribution in [0.2, 0.25) is 10.0 Å². The van der Waals surface area contributed by atoms with Gasteiger partial charge in [-0.25, -0.2) is 0 Å². The van der Waals surface area contributed by atoms with Gasteiger partial charge in [0.25, 0.3) is 0 Å². The molecule has 1 unspecified atom stereocenters. The van der Waals surface area contributed by atoms with E-state index in [2.05, 4.69) is 27.4 Å². The Labute approximate surface area is 123 Å². The second-order valence-corrected chi connectivity index (χ2v) is 6.44. The lowest BCUT2D eigenvalue weighted by molar-refractivity contribution is 0.730. The average Bonchev–Trinajstić information content (AvgIpc) is 2.68. The summed E-state index contributed by atoms with van der Waals surface area (Å²) in [6.07, 6.45) is 0.800. The molecule has 0 amide bonds. The van der Waals surface area contributed by atoms with Gasteiger partial charge in [0, 0.05) is 27.2 Å². The van der Waals surface area contributed by atoms with Crippen molar-refractivity contribution in [3.63, 3.8) is 0 Å². The molecule has 1 atom stereocenters. The van der Waals surface area contributed by atoms with Crippen molar-refractivity contribution >= 4 is 50.5 Å². The Balaban J connectivity index is 2.14. The van der Waals surface area contributed by atoms with Crippen LogP contribution in [0.15, 0.2) is 34.1 Å². The Bertz CT molecular complexity index is 527. The standard InChI is InChI=1S/C12H10BrCl2NS/c13-8-4-9(17-6-8)5-12(16)7-1-2-10(14)11(15)3-7/h1-4,6,12H,5,16H2.